The van der Waals surface area contributed by atoms with E-state index < -0.39 is 24.0 Å². The molecule has 1 aromatic carbocycles. The molecule has 2 rings (SSSR count). The highest BCUT2D eigenvalue weighted by Gasteiger charge is 2.36. The lowest BCUT2D eigenvalue weighted by molar-refractivity contribution is -0.144. The molecule has 1 aromatic rings. The number of ether oxygens (including phenoxy) is 1. The van der Waals surface area contributed by atoms with E-state index in [-0.39, 0.29) is 19.1 Å². The second kappa shape index (κ2) is 9.24. The van der Waals surface area contributed by atoms with E-state index >= 15 is 0 Å². The van der Waals surface area contributed by atoms with Crippen molar-refractivity contribution in [2.24, 2.45) is 0 Å². The van der Waals surface area contributed by atoms with Gasteiger partial charge in [-0.3, -0.25) is 9.59 Å². The normalized spacial score (nSPS) is 17.8. The van der Waals surface area contributed by atoms with Crippen molar-refractivity contribution >= 4 is 29.5 Å². The van der Waals surface area contributed by atoms with Crippen LogP contribution in [0.4, 0.5) is 0 Å². The van der Waals surface area contributed by atoms with Gasteiger partial charge in [0.25, 0.3) is 5.91 Å². The minimum absolute atomic E-state index is 0.167. The third-order valence-electron chi connectivity index (χ3n) is 3.60. The van der Waals surface area contributed by atoms with Gasteiger partial charge >= 0.3 is 5.97 Å². The highest BCUT2D eigenvalue weighted by atomic mass is 32.2. The molecule has 2 unspecified atom stereocenters. The molecular weight excluding hydrogens is 344 g/mol. The van der Waals surface area contributed by atoms with Crippen molar-refractivity contribution in [3.05, 3.63) is 48.6 Å². The molecule has 0 aliphatic carbocycles. The fourth-order valence-electron chi connectivity index (χ4n) is 2.32. The molecule has 1 fully saturated rings. The summed E-state index contributed by atoms with van der Waals surface area (Å²) < 4.78 is 5.11. The molecule has 0 aromatic heterocycles. The van der Waals surface area contributed by atoms with Crippen molar-refractivity contribution < 1.29 is 24.2 Å². The number of carboxylic acid groups (broad SMARTS) is 1. The maximum Gasteiger partial charge on any atom is 0.328 e. The van der Waals surface area contributed by atoms with Gasteiger partial charge in [0.15, 0.2) is 6.04 Å². The van der Waals surface area contributed by atoms with Crippen molar-refractivity contribution in [1.29, 1.82) is 0 Å². The number of nitrogens with one attached hydrogen (secondary N) is 1. The van der Waals surface area contributed by atoms with Crippen molar-refractivity contribution in [2.45, 2.75) is 12.1 Å². The van der Waals surface area contributed by atoms with Crippen LogP contribution in [0.1, 0.15) is 10.4 Å². The summed E-state index contributed by atoms with van der Waals surface area (Å²) in [5.41, 5.74) is 0.493. The van der Waals surface area contributed by atoms with E-state index in [4.69, 9.17) is 4.74 Å². The molecule has 1 aliphatic heterocycles. The molecular formula is C17H20N2O5S. The number of carboxylic acids is 1. The van der Waals surface area contributed by atoms with Crippen LogP contribution in [0.2, 0.25) is 0 Å². The van der Waals surface area contributed by atoms with E-state index in [9.17, 15) is 19.5 Å². The van der Waals surface area contributed by atoms with E-state index in [1.54, 1.807) is 30.3 Å². The largest absolute Gasteiger partial charge is 0.480 e. The molecule has 0 bridgehead atoms. The molecule has 7 nitrogen and oxygen atoms in total. The minimum Gasteiger partial charge on any atom is -0.480 e. The highest BCUT2D eigenvalue weighted by molar-refractivity contribution is 7.99. The van der Waals surface area contributed by atoms with Crippen LogP contribution >= 0.6 is 11.8 Å². The Morgan fingerprint density at radius 2 is 2.12 bits per heavy atom. The summed E-state index contributed by atoms with van der Waals surface area (Å²) in [7, 11) is 0. The van der Waals surface area contributed by atoms with E-state index in [2.05, 4.69) is 11.9 Å². The molecule has 1 aliphatic rings. The van der Waals surface area contributed by atoms with Crippen LogP contribution in [0.3, 0.4) is 0 Å². The highest BCUT2D eigenvalue weighted by Crippen LogP contribution is 2.23. The lowest BCUT2D eigenvalue weighted by Crippen LogP contribution is -2.53. The number of aliphatic carboxylic acids is 1. The molecule has 2 atom stereocenters. The van der Waals surface area contributed by atoms with Gasteiger partial charge in [0.05, 0.1) is 19.1 Å². The molecule has 0 radical (unpaired) electrons. The summed E-state index contributed by atoms with van der Waals surface area (Å²) in [5, 5.41) is 11.7. The van der Waals surface area contributed by atoms with Crippen LogP contribution in [0.15, 0.2) is 43.0 Å². The van der Waals surface area contributed by atoms with E-state index in [1.807, 2.05) is 0 Å². The second-order valence-electron chi connectivity index (χ2n) is 5.38. The Bertz CT molecular complexity index is 637. The summed E-state index contributed by atoms with van der Waals surface area (Å²) in [5.74, 6) is -1.13. The first kappa shape index (κ1) is 19.0. The first-order chi connectivity index (χ1) is 12.0. The fourth-order valence-corrected chi connectivity index (χ4v) is 3.47. The number of carbonyl (C=O) groups is 3. The maximum atomic E-state index is 12.6. The Morgan fingerprint density at radius 3 is 2.76 bits per heavy atom. The molecule has 1 saturated heterocycles. The van der Waals surface area contributed by atoms with Crippen LogP contribution in [0.25, 0.3) is 0 Å². The predicted molar refractivity (Wildman–Crippen MR) is 94.3 cm³/mol. The second-order valence-corrected chi connectivity index (χ2v) is 6.38. The molecule has 8 heteroatoms. The first-order valence-corrected chi connectivity index (χ1v) is 8.85. The molecule has 134 valence electrons. The SMILES string of the molecule is C=CCOCC(NC(=O)C1CSCN1C(=O)c1ccccc1)C(=O)O. The molecule has 0 spiro atoms. The Balaban J connectivity index is 2.02. The summed E-state index contributed by atoms with van der Waals surface area (Å²) in [6.45, 7) is 3.50. The van der Waals surface area contributed by atoms with Crippen LogP contribution < -0.4 is 5.32 Å². The molecule has 0 saturated carbocycles. The average Bonchev–Trinajstić information content (AvgIpc) is 3.10. The number of hydrogen-bond donors (Lipinski definition) is 2. The number of nitrogens with zero attached hydrogens (tertiary/aromatic N) is 1. The third-order valence-corrected chi connectivity index (χ3v) is 4.61. The van der Waals surface area contributed by atoms with Gasteiger partial charge in [-0.15, -0.1) is 18.3 Å². The van der Waals surface area contributed by atoms with E-state index in [0.29, 0.717) is 17.2 Å². The van der Waals surface area contributed by atoms with Gasteiger partial charge in [-0.2, -0.15) is 0 Å². The number of hydrogen-bond acceptors (Lipinski definition) is 5. The van der Waals surface area contributed by atoms with Gasteiger partial charge < -0.3 is 20.1 Å². The van der Waals surface area contributed by atoms with Crippen LogP contribution in [-0.4, -0.2) is 64.7 Å². The van der Waals surface area contributed by atoms with Gasteiger partial charge in [0.1, 0.15) is 6.04 Å². The minimum atomic E-state index is -1.19. The zero-order valence-corrected chi connectivity index (χ0v) is 14.4. The average molecular weight is 364 g/mol. The number of thioether (sulfide) groups is 1. The van der Waals surface area contributed by atoms with Gasteiger partial charge in [0.2, 0.25) is 5.91 Å². The van der Waals surface area contributed by atoms with E-state index in [1.165, 1.54) is 22.7 Å². The zero-order chi connectivity index (χ0) is 18.2. The van der Waals surface area contributed by atoms with Crippen LogP contribution in [-0.2, 0) is 14.3 Å². The number of amides is 2. The van der Waals surface area contributed by atoms with E-state index in [0.717, 1.165) is 0 Å². The quantitative estimate of drug-likeness (QED) is 0.527. The molecule has 2 amide bonds. The smallest absolute Gasteiger partial charge is 0.328 e. The van der Waals surface area contributed by atoms with Crippen molar-refractivity contribution in [3.63, 3.8) is 0 Å². The summed E-state index contributed by atoms with van der Waals surface area (Å²) in [6.07, 6.45) is 1.49. The summed E-state index contributed by atoms with van der Waals surface area (Å²) in [4.78, 5) is 37.8. The van der Waals surface area contributed by atoms with Crippen molar-refractivity contribution in [1.82, 2.24) is 10.2 Å². The lowest BCUT2D eigenvalue weighted by Gasteiger charge is -2.24. The number of rotatable bonds is 8. The monoisotopic (exact) mass is 364 g/mol. The Labute approximate surface area is 150 Å². The van der Waals surface area contributed by atoms with Crippen LogP contribution in [0.5, 0.6) is 0 Å². The van der Waals surface area contributed by atoms with Gasteiger partial charge in [-0.05, 0) is 12.1 Å². The summed E-state index contributed by atoms with van der Waals surface area (Å²) >= 11 is 1.45. The van der Waals surface area contributed by atoms with Crippen molar-refractivity contribution in [2.75, 3.05) is 24.8 Å². The number of benzene rings is 1. The molecule has 2 N–H and O–H groups in total. The topological polar surface area (TPSA) is 95.9 Å². The zero-order valence-electron chi connectivity index (χ0n) is 13.6. The Kier molecular flexibility index (Phi) is 7.03. The third kappa shape index (κ3) is 5.07. The van der Waals surface area contributed by atoms with Gasteiger partial charge in [-0.1, -0.05) is 24.3 Å². The van der Waals surface area contributed by atoms with Crippen LogP contribution in [0, 0.1) is 0 Å². The first-order valence-electron chi connectivity index (χ1n) is 7.70. The maximum absolute atomic E-state index is 12.6. The van der Waals surface area contributed by atoms with Gasteiger partial charge in [-0.25, -0.2) is 4.79 Å². The Morgan fingerprint density at radius 1 is 1.40 bits per heavy atom. The Hall–Kier alpha value is -2.32. The fraction of sp³-hybridized carbons (Fsp3) is 0.353. The lowest BCUT2D eigenvalue weighted by atomic mass is 10.1. The summed E-state index contributed by atoms with van der Waals surface area (Å²) in [6, 6.07) is 6.80. The van der Waals surface area contributed by atoms with Gasteiger partial charge in [0, 0.05) is 11.3 Å². The van der Waals surface area contributed by atoms with Crippen molar-refractivity contribution in [3.8, 4) is 0 Å². The molecule has 25 heavy (non-hydrogen) atoms. The molecule has 1 heterocycles. The number of carbonyl (C=O) groups excluding carboxylic acids is 2. The standard InChI is InChI=1S/C17H20N2O5S/c1-2-8-24-9-13(17(22)23)18-15(20)14-10-25-11-19(14)16(21)12-6-4-3-5-7-12/h2-7,13-14H,1,8-11H2,(H,18,20)(H,22,23). The predicted octanol–water partition coefficient (Wildman–Crippen LogP) is 0.974.